The van der Waals surface area contributed by atoms with Gasteiger partial charge in [0.05, 0.1) is 18.7 Å². The van der Waals surface area contributed by atoms with Gasteiger partial charge in [-0.15, -0.1) is 0 Å². The molecule has 0 aliphatic carbocycles. The number of nitrogens with one attached hydrogen (secondary N) is 3. The van der Waals surface area contributed by atoms with Gasteiger partial charge < -0.3 is 36.4 Å². The molecule has 13 heteroatoms. The predicted molar refractivity (Wildman–Crippen MR) is 118 cm³/mol. The summed E-state index contributed by atoms with van der Waals surface area (Å²) in [6.45, 7) is 4.43. The molecular weight excluding hydrogens is 446 g/mol. The molecule has 0 aromatic heterocycles. The van der Waals surface area contributed by atoms with Gasteiger partial charge in [-0.3, -0.25) is 15.8 Å². The van der Waals surface area contributed by atoms with E-state index in [9.17, 15) is 24.9 Å². The highest BCUT2D eigenvalue weighted by Gasteiger charge is 2.76. The van der Waals surface area contributed by atoms with Gasteiger partial charge in [0.25, 0.3) is 5.91 Å². The second-order valence-corrected chi connectivity index (χ2v) is 9.72. The first-order valence-corrected chi connectivity index (χ1v) is 10.9. The number of para-hydroxylation sites is 1. The van der Waals surface area contributed by atoms with Crippen LogP contribution < -0.4 is 32.2 Å². The van der Waals surface area contributed by atoms with Gasteiger partial charge in [-0.2, -0.15) is 0 Å². The fourth-order valence-electron chi connectivity index (χ4n) is 5.45. The number of benzene rings is 1. The number of carboxylic acids is 1. The lowest BCUT2D eigenvalue weighted by Crippen LogP contribution is -2.79. The molecule has 0 radical (unpaired) electrons. The van der Waals surface area contributed by atoms with Crippen molar-refractivity contribution in [3.63, 3.8) is 0 Å². The highest BCUT2D eigenvalue weighted by Crippen LogP contribution is 2.43. The maximum absolute atomic E-state index is 13.3. The van der Waals surface area contributed by atoms with Crippen molar-refractivity contribution in [1.82, 2.24) is 16.0 Å². The molecule has 1 aromatic rings. The fourth-order valence-corrected chi connectivity index (χ4v) is 5.45. The highest BCUT2D eigenvalue weighted by molar-refractivity contribution is 5.98. The number of fused-ring (bicyclic) bond motifs is 1. The minimum absolute atomic E-state index is 0.118. The number of carbonyl (C=O) groups is 2. The lowest BCUT2D eigenvalue weighted by molar-refractivity contribution is -0.622. The van der Waals surface area contributed by atoms with Gasteiger partial charge in [0.15, 0.2) is 18.0 Å². The van der Waals surface area contributed by atoms with E-state index in [0.717, 1.165) is 12.0 Å². The molecule has 10 N–H and O–H groups in total. The number of carboxylic acid groups (broad SMARTS) is 1. The number of hydrogen-bond donors (Lipinski definition) is 8. The van der Waals surface area contributed by atoms with Crippen molar-refractivity contribution in [3.8, 4) is 5.75 Å². The maximum Gasteiger partial charge on any atom is 0.346 e. The largest absolute Gasteiger partial charge is 0.492 e. The summed E-state index contributed by atoms with van der Waals surface area (Å²) in [5, 5.41) is 40.4. The van der Waals surface area contributed by atoms with E-state index in [2.05, 4.69) is 34.8 Å². The van der Waals surface area contributed by atoms with Gasteiger partial charge in [-0.05, 0) is 17.9 Å². The van der Waals surface area contributed by atoms with E-state index >= 15 is 0 Å². The molecule has 0 bridgehead atoms. The van der Waals surface area contributed by atoms with E-state index < -0.39 is 41.5 Å². The second-order valence-electron chi connectivity index (χ2n) is 9.72. The summed E-state index contributed by atoms with van der Waals surface area (Å²) < 4.78 is 7.16. The Balaban J connectivity index is 1.51. The van der Waals surface area contributed by atoms with Crippen molar-refractivity contribution in [2.24, 2.45) is 16.5 Å². The number of rotatable bonds is 3. The van der Waals surface area contributed by atoms with Gasteiger partial charge in [0, 0.05) is 5.56 Å². The van der Waals surface area contributed by atoms with Crippen molar-refractivity contribution in [2.75, 3.05) is 13.2 Å². The summed E-state index contributed by atoms with van der Waals surface area (Å²) in [5.41, 5.74) is 11.0. The van der Waals surface area contributed by atoms with Gasteiger partial charge in [0.2, 0.25) is 11.4 Å². The SMILES string of the molecule is CC1(C)CCOc2c(C(=O)N[C@H]3C[N+]4=C(N)NC(C(=O)O)[C@@H]5N=C(N)N[C@@]54C3(O)O)cccc21. The van der Waals surface area contributed by atoms with Crippen LogP contribution in [0.25, 0.3) is 0 Å². The zero-order valence-electron chi connectivity index (χ0n) is 18.7. The van der Waals surface area contributed by atoms with E-state index in [4.69, 9.17) is 16.2 Å². The van der Waals surface area contributed by atoms with E-state index in [1.54, 1.807) is 12.1 Å². The Bertz CT molecular complexity index is 1160. The van der Waals surface area contributed by atoms with Crippen molar-refractivity contribution in [1.29, 1.82) is 0 Å². The quantitative estimate of drug-likeness (QED) is 0.163. The highest BCUT2D eigenvalue weighted by atomic mass is 16.5. The molecule has 1 spiro atoms. The number of aliphatic carboxylic acids is 1. The van der Waals surface area contributed by atoms with Gasteiger partial charge in [-0.25, -0.2) is 14.4 Å². The lowest BCUT2D eigenvalue weighted by Gasteiger charge is -2.42. The normalized spacial score (nSPS) is 32.2. The summed E-state index contributed by atoms with van der Waals surface area (Å²) in [6.07, 6.45) is 0.795. The minimum atomic E-state index is -2.70. The van der Waals surface area contributed by atoms with Gasteiger partial charge in [0.1, 0.15) is 11.8 Å². The molecule has 1 unspecified atom stereocenters. The summed E-state index contributed by atoms with van der Waals surface area (Å²) >= 11 is 0. The van der Waals surface area contributed by atoms with Crippen LogP contribution in [0.3, 0.4) is 0 Å². The third kappa shape index (κ3) is 2.80. The van der Waals surface area contributed by atoms with Crippen LogP contribution >= 0.6 is 0 Å². The van der Waals surface area contributed by atoms with Gasteiger partial charge in [-0.1, -0.05) is 26.0 Å². The van der Waals surface area contributed by atoms with Crippen LogP contribution in [0.2, 0.25) is 0 Å². The molecule has 182 valence electrons. The zero-order chi connectivity index (χ0) is 24.6. The lowest BCUT2D eigenvalue weighted by atomic mass is 9.79. The molecule has 1 fully saturated rings. The second kappa shape index (κ2) is 6.96. The number of guanidine groups is 2. The van der Waals surface area contributed by atoms with E-state index in [0.29, 0.717) is 12.4 Å². The van der Waals surface area contributed by atoms with E-state index in [1.807, 2.05) is 6.07 Å². The molecule has 5 rings (SSSR count). The minimum Gasteiger partial charge on any atom is -0.492 e. The van der Waals surface area contributed by atoms with E-state index in [-0.39, 0.29) is 29.4 Å². The Kier molecular flexibility index (Phi) is 4.55. The van der Waals surface area contributed by atoms with Crippen molar-refractivity contribution in [3.05, 3.63) is 29.3 Å². The molecular formula is C21H28N7O6+. The van der Waals surface area contributed by atoms with Crippen LogP contribution in [0.15, 0.2) is 23.2 Å². The van der Waals surface area contributed by atoms with Crippen LogP contribution in [-0.2, 0) is 10.2 Å². The molecule has 4 aliphatic rings. The van der Waals surface area contributed by atoms with Crippen molar-refractivity contribution >= 4 is 23.8 Å². The summed E-state index contributed by atoms with van der Waals surface area (Å²) in [5.74, 6) is -4.42. The monoisotopic (exact) mass is 474 g/mol. The molecule has 13 nitrogen and oxygen atoms in total. The Labute approximate surface area is 194 Å². The Morgan fingerprint density at radius 3 is 2.74 bits per heavy atom. The Morgan fingerprint density at radius 2 is 2.03 bits per heavy atom. The third-order valence-electron chi connectivity index (χ3n) is 7.31. The average Bonchev–Trinajstić information content (AvgIpc) is 3.22. The zero-order valence-corrected chi connectivity index (χ0v) is 18.7. The number of hydrogen-bond acceptors (Lipinski definition) is 10. The number of aliphatic hydroxyl groups is 2. The molecule has 34 heavy (non-hydrogen) atoms. The first kappa shape index (κ1) is 22.2. The average molecular weight is 474 g/mol. The summed E-state index contributed by atoms with van der Waals surface area (Å²) in [4.78, 5) is 29.3. The van der Waals surface area contributed by atoms with Gasteiger partial charge >= 0.3 is 11.9 Å². The summed E-state index contributed by atoms with van der Waals surface area (Å²) in [6, 6.07) is 1.35. The Morgan fingerprint density at radius 1 is 1.29 bits per heavy atom. The molecule has 4 heterocycles. The van der Waals surface area contributed by atoms with Crippen molar-refractivity contribution in [2.45, 2.75) is 55.3 Å². The number of nitrogens with zero attached hydrogens (tertiary/aromatic N) is 2. The standard InChI is InChI=1S/C21H27N7O6/c1-19(2)6-7-34-13-9(4-3-5-10(13)19)15(29)24-11-8-28-18(23)25-12(16(30)31)14-20(28,21(11,32)33)27-17(22)26-14/h3-5,11-12,14,32-33H,6-8H2,1-2H3,(H7,22,23,24,25,26,27,29,30,31)/p+1/t11-,12?,14-,20-/m0/s1. The van der Waals surface area contributed by atoms with Crippen LogP contribution in [0.1, 0.15) is 36.2 Å². The third-order valence-corrected chi connectivity index (χ3v) is 7.31. The molecule has 4 aliphatic heterocycles. The number of amides is 1. The summed E-state index contributed by atoms with van der Waals surface area (Å²) in [7, 11) is 0. The number of ether oxygens (including phenoxy) is 1. The molecule has 4 atom stereocenters. The van der Waals surface area contributed by atoms with E-state index in [1.165, 1.54) is 4.58 Å². The van der Waals surface area contributed by atoms with Crippen molar-refractivity contribution < 1.29 is 34.2 Å². The van der Waals surface area contributed by atoms with Crippen LogP contribution in [0.4, 0.5) is 0 Å². The Hall–Kier alpha value is -3.58. The molecule has 1 aromatic carbocycles. The smallest absolute Gasteiger partial charge is 0.346 e. The number of aliphatic imine (C=N–C) groups is 1. The first-order valence-electron chi connectivity index (χ1n) is 10.9. The number of nitrogens with two attached hydrogens (primary N) is 2. The van der Waals surface area contributed by atoms with Crippen LogP contribution in [0.5, 0.6) is 5.75 Å². The van der Waals surface area contributed by atoms with Crippen LogP contribution in [0, 0.1) is 0 Å². The molecule has 1 saturated heterocycles. The molecule has 1 amide bonds. The molecule has 0 saturated carbocycles. The topological polar surface area (TPSA) is 208 Å². The maximum atomic E-state index is 13.3. The first-order chi connectivity index (χ1) is 15.9. The number of carbonyl (C=O) groups excluding carboxylic acids is 1. The van der Waals surface area contributed by atoms with Crippen LogP contribution in [-0.4, -0.2) is 86.4 Å². The fraction of sp³-hybridized carbons (Fsp3) is 0.524. The predicted octanol–water partition coefficient (Wildman–Crippen LogP) is -3.09.